The third-order valence-electron chi connectivity index (χ3n) is 4.06. The molecule has 116 valence electrons. The summed E-state index contributed by atoms with van der Waals surface area (Å²) in [7, 11) is 0. The van der Waals surface area contributed by atoms with E-state index in [1.807, 2.05) is 12.1 Å². The van der Waals surface area contributed by atoms with Gasteiger partial charge in [0.25, 0.3) is 0 Å². The summed E-state index contributed by atoms with van der Waals surface area (Å²) in [5, 5.41) is 0. The molecule has 0 bridgehead atoms. The maximum absolute atomic E-state index is 5.83. The van der Waals surface area contributed by atoms with Gasteiger partial charge in [0.15, 0.2) is 4.77 Å². The van der Waals surface area contributed by atoms with Crippen LogP contribution >= 0.6 is 12.2 Å². The van der Waals surface area contributed by atoms with Crippen LogP contribution in [0.5, 0.6) is 5.75 Å². The molecule has 4 heteroatoms. The van der Waals surface area contributed by atoms with Gasteiger partial charge in [-0.15, -0.1) is 0 Å². The first-order chi connectivity index (χ1) is 10.1. The van der Waals surface area contributed by atoms with Gasteiger partial charge in [0.1, 0.15) is 11.3 Å². The van der Waals surface area contributed by atoms with Crippen molar-refractivity contribution in [1.29, 1.82) is 0 Å². The first-order valence-electron chi connectivity index (χ1n) is 7.94. The average molecular weight is 306 g/mol. The van der Waals surface area contributed by atoms with E-state index in [9.17, 15) is 0 Å². The Kier molecular flexibility index (Phi) is 5.45. The lowest BCUT2D eigenvalue weighted by atomic mass is 10.0. The first-order valence-corrected chi connectivity index (χ1v) is 8.35. The first kappa shape index (κ1) is 16.1. The van der Waals surface area contributed by atoms with Crippen LogP contribution in [0.1, 0.15) is 53.0 Å². The fraction of sp³-hybridized carbons (Fsp3) is 0.588. The van der Waals surface area contributed by atoms with Gasteiger partial charge in [0.2, 0.25) is 0 Å². The number of hydrogen-bond acceptors (Lipinski definition) is 2. The van der Waals surface area contributed by atoms with Crippen molar-refractivity contribution in [2.45, 2.75) is 53.0 Å². The van der Waals surface area contributed by atoms with Gasteiger partial charge in [-0.2, -0.15) is 0 Å². The molecule has 2 atom stereocenters. The second-order valence-electron chi connectivity index (χ2n) is 5.90. The quantitative estimate of drug-likeness (QED) is 0.686. The molecule has 0 aliphatic heterocycles. The lowest BCUT2D eigenvalue weighted by molar-refractivity contribution is 0.320. The topological polar surface area (TPSA) is 29.9 Å². The van der Waals surface area contributed by atoms with Crippen LogP contribution in [0, 0.1) is 10.7 Å². The van der Waals surface area contributed by atoms with Crippen molar-refractivity contribution >= 4 is 23.3 Å². The van der Waals surface area contributed by atoms with Gasteiger partial charge in [0, 0.05) is 6.04 Å². The standard InChI is InChI=1S/C17H26N2OS/c1-5-10-20-15-9-7-8-14-16(15)18-17(21)19(14)13(4)11-12(3)6-2/h7-9,12-13H,5-6,10-11H2,1-4H3,(H,18,21). The summed E-state index contributed by atoms with van der Waals surface area (Å²) < 4.78 is 8.85. The molecule has 0 aliphatic rings. The van der Waals surface area contributed by atoms with Crippen molar-refractivity contribution in [1.82, 2.24) is 9.55 Å². The van der Waals surface area contributed by atoms with Crippen LogP contribution in [0.2, 0.25) is 0 Å². The monoisotopic (exact) mass is 306 g/mol. The predicted molar refractivity (Wildman–Crippen MR) is 91.7 cm³/mol. The lowest BCUT2D eigenvalue weighted by Gasteiger charge is -2.18. The molecule has 1 heterocycles. The summed E-state index contributed by atoms with van der Waals surface area (Å²) in [6.07, 6.45) is 3.34. The van der Waals surface area contributed by atoms with Crippen LogP contribution in [-0.4, -0.2) is 16.2 Å². The van der Waals surface area contributed by atoms with Crippen molar-refractivity contribution in [2.24, 2.45) is 5.92 Å². The summed E-state index contributed by atoms with van der Waals surface area (Å²) in [5.74, 6) is 1.60. The van der Waals surface area contributed by atoms with E-state index >= 15 is 0 Å². The normalized spacial score (nSPS) is 14.3. The van der Waals surface area contributed by atoms with E-state index in [0.29, 0.717) is 12.0 Å². The largest absolute Gasteiger partial charge is 0.491 e. The minimum atomic E-state index is 0.391. The Labute approximate surface area is 132 Å². The number of imidazole rings is 1. The molecule has 2 rings (SSSR count). The molecule has 0 saturated carbocycles. The third kappa shape index (κ3) is 3.49. The molecular weight excluding hydrogens is 280 g/mol. The van der Waals surface area contributed by atoms with Crippen LogP contribution in [-0.2, 0) is 0 Å². The Morgan fingerprint density at radius 3 is 2.71 bits per heavy atom. The number of nitrogens with one attached hydrogen (secondary N) is 1. The zero-order chi connectivity index (χ0) is 15.4. The maximum Gasteiger partial charge on any atom is 0.178 e. The highest BCUT2D eigenvalue weighted by molar-refractivity contribution is 7.71. The number of rotatable bonds is 7. The molecule has 1 aromatic heterocycles. The Hall–Kier alpha value is -1.29. The summed E-state index contributed by atoms with van der Waals surface area (Å²) in [5.41, 5.74) is 2.16. The van der Waals surface area contributed by atoms with E-state index < -0.39 is 0 Å². The van der Waals surface area contributed by atoms with Gasteiger partial charge in [0.05, 0.1) is 12.1 Å². The van der Waals surface area contributed by atoms with Gasteiger partial charge in [-0.1, -0.05) is 33.3 Å². The third-order valence-corrected chi connectivity index (χ3v) is 4.36. The van der Waals surface area contributed by atoms with Crippen molar-refractivity contribution in [2.75, 3.05) is 6.61 Å². The Bertz CT molecular complexity index is 644. The molecule has 0 radical (unpaired) electrons. The second-order valence-corrected chi connectivity index (χ2v) is 6.28. The minimum absolute atomic E-state index is 0.391. The number of H-pyrrole nitrogens is 1. The van der Waals surface area contributed by atoms with Crippen molar-refractivity contribution in [3.63, 3.8) is 0 Å². The van der Waals surface area contributed by atoms with E-state index in [0.717, 1.165) is 41.0 Å². The molecule has 0 saturated heterocycles. The van der Waals surface area contributed by atoms with Crippen LogP contribution < -0.4 is 4.74 Å². The number of aromatic amines is 1. The Morgan fingerprint density at radius 2 is 2.05 bits per heavy atom. The Balaban J connectivity index is 2.41. The highest BCUT2D eigenvalue weighted by Gasteiger charge is 2.15. The van der Waals surface area contributed by atoms with Gasteiger partial charge in [-0.05, 0) is 50.0 Å². The molecule has 21 heavy (non-hydrogen) atoms. The number of para-hydroxylation sites is 1. The molecule has 0 fully saturated rings. The fourth-order valence-electron chi connectivity index (χ4n) is 2.75. The van der Waals surface area contributed by atoms with Gasteiger partial charge in [-0.3, -0.25) is 0 Å². The van der Waals surface area contributed by atoms with E-state index in [4.69, 9.17) is 17.0 Å². The average Bonchev–Trinajstić information content (AvgIpc) is 2.81. The second kappa shape index (κ2) is 7.12. The summed E-state index contributed by atoms with van der Waals surface area (Å²) in [6, 6.07) is 6.56. The number of fused-ring (bicyclic) bond motifs is 1. The molecule has 2 aromatic rings. The molecule has 2 unspecified atom stereocenters. The number of nitrogens with zero attached hydrogens (tertiary/aromatic N) is 1. The van der Waals surface area contributed by atoms with Crippen LogP contribution in [0.25, 0.3) is 11.0 Å². The molecule has 1 aromatic carbocycles. The van der Waals surface area contributed by atoms with E-state index in [2.05, 4.69) is 43.3 Å². The molecule has 0 amide bonds. The van der Waals surface area contributed by atoms with Crippen molar-refractivity contribution < 1.29 is 4.74 Å². The van der Waals surface area contributed by atoms with Gasteiger partial charge >= 0.3 is 0 Å². The Morgan fingerprint density at radius 1 is 1.29 bits per heavy atom. The fourth-order valence-corrected chi connectivity index (χ4v) is 3.13. The van der Waals surface area contributed by atoms with Crippen LogP contribution in [0.15, 0.2) is 18.2 Å². The van der Waals surface area contributed by atoms with E-state index in [-0.39, 0.29) is 0 Å². The highest BCUT2D eigenvalue weighted by atomic mass is 32.1. The molecule has 0 spiro atoms. The zero-order valence-corrected chi connectivity index (χ0v) is 14.3. The van der Waals surface area contributed by atoms with Crippen LogP contribution in [0.4, 0.5) is 0 Å². The SMILES string of the molecule is CCCOc1cccc2c1[nH]c(=S)n2C(C)CC(C)CC. The van der Waals surface area contributed by atoms with Gasteiger partial charge in [-0.25, -0.2) is 0 Å². The summed E-state index contributed by atoms with van der Waals surface area (Å²) >= 11 is 5.54. The maximum atomic E-state index is 5.83. The predicted octanol–water partition coefficient (Wildman–Crippen LogP) is 5.48. The summed E-state index contributed by atoms with van der Waals surface area (Å²) in [4.78, 5) is 3.33. The number of ether oxygens (including phenoxy) is 1. The van der Waals surface area contributed by atoms with E-state index in [1.54, 1.807) is 0 Å². The number of aromatic nitrogens is 2. The summed E-state index contributed by atoms with van der Waals surface area (Å²) in [6.45, 7) is 9.62. The lowest BCUT2D eigenvalue weighted by Crippen LogP contribution is -2.09. The molecule has 0 aliphatic carbocycles. The highest BCUT2D eigenvalue weighted by Crippen LogP contribution is 2.29. The van der Waals surface area contributed by atoms with Crippen molar-refractivity contribution in [3.05, 3.63) is 23.0 Å². The molecular formula is C17H26N2OS. The van der Waals surface area contributed by atoms with E-state index in [1.165, 1.54) is 6.42 Å². The van der Waals surface area contributed by atoms with Crippen molar-refractivity contribution in [3.8, 4) is 5.75 Å². The molecule has 1 N–H and O–H groups in total. The minimum Gasteiger partial charge on any atom is -0.491 e. The van der Waals surface area contributed by atoms with Gasteiger partial charge < -0.3 is 14.3 Å². The number of benzene rings is 1. The zero-order valence-electron chi connectivity index (χ0n) is 13.5. The smallest absolute Gasteiger partial charge is 0.178 e. The molecule has 3 nitrogen and oxygen atoms in total. The van der Waals surface area contributed by atoms with Crippen LogP contribution in [0.3, 0.4) is 0 Å². The number of hydrogen-bond donors (Lipinski definition) is 1.